The Morgan fingerprint density at radius 3 is 2.75 bits per heavy atom. The highest BCUT2D eigenvalue weighted by atomic mass is 32.1. The highest BCUT2D eigenvalue weighted by Gasteiger charge is 2.15. The van der Waals surface area contributed by atoms with Crippen LogP contribution in [0, 0.1) is 10.6 Å². The molecule has 28 heavy (non-hydrogen) atoms. The Balaban J connectivity index is 1.74. The molecule has 0 saturated carbocycles. The molecule has 0 fully saturated rings. The van der Waals surface area contributed by atoms with Gasteiger partial charge in [0.25, 0.3) is 0 Å². The SMILES string of the molecule is CCOc1ccc(-c2n[nH]c(=S)n2CC(=O)NC(C)c2cccc(F)c2)cc1. The van der Waals surface area contributed by atoms with E-state index in [1.807, 2.05) is 31.2 Å². The molecular formula is C20H21FN4O2S. The number of hydrogen-bond acceptors (Lipinski definition) is 4. The van der Waals surface area contributed by atoms with Crippen molar-refractivity contribution in [2.24, 2.45) is 0 Å². The minimum absolute atomic E-state index is 0.00245. The molecular weight excluding hydrogens is 379 g/mol. The lowest BCUT2D eigenvalue weighted by Gasteiger charge is -2.15. The fourth-order valence-corrected chi connectivity index (χ4v) is 3.04. The molecule has 0 saturated heterocycles. The number of aromatic nitrogens is 3. The molecule has 1 unspecified atom stereocenters. The molecule has 3 rings (SSSR count). The van der Waals surface area contributed by atoms with Gasteiger partial charge in [-0.25, -0.2) is 4.39 Å². The van der Waals surface area contributed by atoms with E-state index in [0.717, 1.165) is 11.3 Å². The van der Waals surface area contributed by atoms with Crippen LogP contribution in [0.1, 0.15) is 25.5 Å². The minimum atomic E-state index is -0.339. The average molecular weight is 400 g/mol. The zero-order valence-corrected chi connectivity index (χ0v) is 16.4. The summed E-state index contributed by atoms with van der Waals surface area (Å²) in [7, 11) is 0. The fraction of sp³-hybridized carbons (Fsp3) is 0.250. The first kappa shape index (κ1) is 19.8. The number of carbonyl (C=O) groups is 1. The number of rotatable bonds is 7. The van der Waals surface area contributed by atoms with Crippen molar-refractivity contribution in [3.63, 3.8) is 0 Å². The second-order valence-electron chi connectivity index (χ2n) is 6.24. The maximum absolute atomic E-state index is 13.4. The molecule has 8 heteroatoms. The van der Waals surface area contributed by atoms with E-state index in [9.17, 15) is 9.18 Å². The van der Waals surface area contributed by atoms with Gasteiger partial charge in [-0.3, -0.25) is 14.5 Å². The molecule has 2 N–H and O–H groups in total. The lowest BCUT2D eigenvalue weighted by atomic mass is 10.1. The summed E-state index contributed by atoms with van der Waals surface area (Å²) in [6, 6.07) is 13.2. The Morgan fingerprint density at radius 2 is 2.07 bits per heavy atom. The van der Waals surface area contributed by atoms with E-state index in [1.54, 1.807) is 23.6 Å². The predicted molar refractivity (Wildman–Crippen MR) is 107 cm³/mol. The van der Waals surface area contributed by atoms with Gasteiger partial charge in [0.2, 0.25) is 5.91 Å². The highest BCUT2D eigenvalue weighted by molar-refractivity contribution is 7.71. The van der Waals surface area contributed by atoms with E-state index in [-0.39, 0.29) is 24.3 Å². The summed E-state index contributed by atoms with van der Waals surface area (Å²) < 4.78 is 20.8. The van der Waals surface area contributed by atoms with E-state index in [0.29, 0.717) is 22.8 Å². The largest absolute Gasteiger partial charge is 0.494 e. The topological polar surface area (TPSA) is 71.9 Å². The number of nitrogens with one attached hydrogen (secondary N) is 2. The van der Waals surface area contributed by atoms with E-state index >= 15 is 0 Å². The van der Waals surface area contributed by atoms with Crippen LogP contribution in [-0.4, -0.2) is 27.3 Å². The van der Waals surface area contributed by atoms with Gasteiger partial charge in [0, 0.05) is 5.56 Å². The third-order valence-corrected chi connectivity index (χ3v) is 4.52. The monoisotopic (exact) mass is 400 g/mol. The minimum Gasteiger partial charge on any atom is -0.494 e. The summed E-state index contributed by atoms with van der Waals surface area (Å²) in [5.74, 6) is 0.727. The van der Waals surface area contributed by atoms with Crippen molar-refractivity contribution >= 4 is 18.1 Å². The molecule has 0 aliphatic carbocycles. The Morgan fingerprint density at radius 1 is 1.32 bits per heavy atom. The molecule has 0 aliphatic heterocycles. The van der Waals surface area contributed by atoms with Crippen LogP contribution in [-0.2, 0) is 11.3 Å². The smallest absolute Gasteiger partial charge is 0.240 e. The number of nitrogens with zero attached hydrogens (tertiary/aromatic N) is 2. The fourth-order valence-electron chi connectivity index (χ4n) is 2.84. The van der Waals surface area contributed by atoms with E-state index in [1.165, 1.54) is 12.1 Å². The number of aromatic amines is 1. The maximum Gasteiger partial charge on any atom is 0.240 e. The molecule has 1 heterocycles. The Kier molecular flexibility index (Phi) is 6.20. The van der Waals surface area contributed by atoms with Gasteiger partial charge >= 0.3 is 0 Å². The average Bonchev–Trinajstić information content (AvgIpc) is 3.03. The third-order valence-electron chi connectivity index (χ3n) is 4.21. The van der Waals surface area contributed by atoms with Crippen molar-refractivity contribution in [1.82, 2.24) is 20.1 Å². The van der Waals surface area contributed by atoms with Gasteiger partial charge in [-0.05, 0) is 68.0 Å². The van der Waals surface area contributed by atoms with Crippen LogP contribution in [0.15, 0.2) is 48.5 Å². The molecule has 0 aliphatic rings. The molecule has 0 bridgehead atoms. The standard InChI is InChI=1S/C20H21FN4O2S/c1-3-27-17-9-7-14(8-10-17)19-23-24-20(28)25(19)12-18(26)22-13(2)15-5-4-6-16(21)11-15/h4-11,13H,3,12H2,1-2H3,(H,22,26)(H,24,28). The maximum atomic E-state index is 13.4. The van der Waals surface area contributed by atoms with Gasteiger partial charge in [-0.1, -0.05) is 12.1 Å². The van der Waals surface area contributed by atoms with Crippen molar-refractivity contribution in [1.29, 1.82) is 0 Å². The van der Waals surface area contributed by atoms with Crippen LogP contribution in [0.5, 0.6) is 5.75 Å². The summed E-state index contributed by atoms with van der Waals surface area (Å²) >= 11 is 5.27. The summed E-state index contributed by atoms with van der Waals surface area (Å²) in [6.07, 6.45) is 0. The summed E-state index contributed by atoms with van der Waals surface area (Å²) in [5.41, 5.74) is 1.50. The zero-order chi connectivity index (χ0) is 20.1. The van der Waals surface area contributed by atoms with E-state index in [2.05, 4.69) is 15.5 Å². The van der Waals surface area contributed by atoms with Crippen molar-refractivity contribution in [2.45, 2.75) is 26.4 Å². The van der Waals surface area contributed by atoms with Crippen molar-refractivity contribution in [3.05, 3.63) is 64.7 Å². The van der Waals surface area contributed by atoms with Crippen LogP contribution in [0.2, 0.25) is 0 Å². The lowest BCUT2D eigenvalue weighted by molar-refractivity contribution is -0.122. The predicted octanol–water partition coefficient (Wildman–Crippen LogP) is 4.02. The van der Waals surface area contributed by atoms with Crippen molar-refractivity contribution < 1.29 is 13.9 Å². The van der Waals surface area contributed by atoms with Gasteiger partial charge in [-0.15, -0.1) is 0 Å². The Bertz CT molecular complexity index is 1010. The van der Waals surface area contributed by atoms with Gasteiger partial charge in [0.15, 0.2) is 10.6 Å². The van der Waals surface area contributed by atoms with Crippen LogP contribution in [0.3, 0.4) is 0 Å². The number of amides is 1. The van der Waals surface area contributed by atoms with E-state index < -0.39 is 0 Å². The zero-order valence-electron chi connectivity index (χ0n) is 15.6. The Labute approximate surface area is 167 Å². The van der Waals surface area contributed by atoms with Gasteiger partial charge in [0.1, 0.15) is 18.1 Å². The van der Waals surface area contributed by atoms with Gasteiger partial charge < -0.3 is 10.1 Å². The van der Waals surface area contributed by atoms with E-state index in [4.69, 9.17) is 17.0 Å². The number of carbonyl (C=O) groups excluding carboxylic acids is 1. The second-order valence-corrected chi connectivity index (χ2v) is 6.63. The molecule has 3 aromatic rings. The first-order chi connectivity index (χ1) is 13.5. The molecule has 0 radical (unpaired) electrons. The Hall–Kier alpha value is -3.00. The van der Waals surface area contributed by atoms with Crippen molar-refractivity contribution in [3.8, 4) is 17.1 Å². The lowest BCUT2D eigenvalue weighted by Crippen LogP contribution is -2.30. The number of halogens is 1. The summed E-state index contributed by atoms with van der Waals surface area (Å²) in [6.45, 7) is 4.30. The highest BCUT2D eigenvalue weighted by Crippen LogP contribution is 2.21. The van der Waals surface area contributed by atoms with Gasteiger partial charge in [0.05, 0.1) is 12.6 Å². The second kappa shape index (κ2) is 8.79. The van der Waals surface area contributed by atoms with Crippen LogP contribution in [0.4, 0.5) is 4.39 Å². The third kappa shape index (κ3) is 4.64. The van der Waals surface area contributed by atoms with Crippen LogP contribution >= 0.6 is 12.2 Å². The van der Waals surface area contributed by atoms with Crippen LogP contribution in [0.25, 0.3) is 11.4 Å². The molecule has 1 atom stereocenters. The number of benzene rings is 2. The normalized spacial score (nSPS) is 11.8. The summed E-state index contributed by atoms with van der Waals surface area (Å²) in [5, 5.41) is 9.83. The molecule has 1 amide bonds. The first-order valence-electron chi connectivity index (χ1n) is 8.91. The molecule has 1 aromatic heterocycles. The quantitative estimate of drug-likeness (QED) is 0.588. The van der Waals surface area contributed by atoms with Gasteiger partial charge in [-0.2, -0.15) is 5.10 Å². The van der Waals surface area contributed by atoms with Crippen molar-refractivity contribution in [2.75, 3.05) is 6.61 Å². The number of hydrogen-bond donors (Lipinski definition) is 2. The number of H-pyrrole nitrogens is 1. The first-order valence-corrected chi connectivity index (χ1v) is 9.32. The molecule has 0 spiro atoms. The molecule has 2 aromatic carbocycles. The molecule has 6 nitrogen and oxygen atoms in total. The van der Waals surface area contributed by atoms with Crippen LogP contribution < -0.4 is 10.1 Å². The summed E-state index contributed by atoms with van der Waals surface area (Å²) in [4.78, 5) is 12.5. The molecule has 146 valence electrons. The number of ether oxygens (including phenoxy) is 1.